The summed E-state index contributed by atoms with van der Waals surface area (Å²) < 4.78 is 0. The highest BCUT2D eigenvalue weighted by Gasteiger charge is 2.23. The molecule has 0 radical (unpaired) electrons. The van der Waals surface area contributed by atoms with Gasteiger partial charge in [0.05, 0.1) is 24.2 Å². The second-order valence-electron chi connectivity index (χ2n) is 6.61. The summed E-state index contributed by atoms with van der Waals surface area (Å²) in [4.78, 5) is 8.73. The number of fused-ring (bicyclic) bond motifs is 1. The number of benzene rings is 1. The van der Waals surface area contributed by atoms with E-state index in [4.69, 9.17) is 5.73 Å². The van der Waals surface area contributed by atoms with Crippen LogP contribution in [0.1, 0.15) is 31.2 Å². The molecule has 2 heterocycles. The largest absolute Gasteiger partial charge is 0.391 e. The number of aliphatic hydroxyl groups excluding tert-OH is 1. The highest BCUT2D eigenvalue weighted by Crippen LogP contribution is 2.30. The molecule has 2 aromatic rings. The first-order chi connectivity index (χ1) is 11.7. The number of hydrogen-bond donors (Lipinski definition) is 3. The van der Waals surface area contributed by atoms with Crippen molar-refractivity contribution in [2.45, 2.75) is 37.8 Å². The number of nitrogens with zero attached hydrogens (tertiary/aromatic N) is 2. The van der Waals surface area contributed by atoms with Crippen molar-refractivity contribution in [1.82, 2.24) is 4.98 Å². The zero-order chi connectivity index (χ0) is 16.5. The number of nitrogens with one attached hydrogen (secondary N) is 1. The number of allylic oxidation sites excluding steroid dienone is 1. The Hall–Kier alpha value is -2.40. The summed E-state index contributed by atoms with van der Waals surface area (Å²) in [6.45, 7) is 0.715. The van der Waals surface area contributed by atoms with Crippen LogP contribution in [0.5, 0.6) is 0 Å². The van der Waals surface area contributed by atoms with Gasteiger partial charge in [0.2, 0.25) is 0 Å². The molecule has 0 bridgehead atoms. The summed E-state index contributed by atoms with van der Waals surface area (Å²) in [5.74, 6) is 0.490. The molecule has 2 atom stereocenters. The number of aliphatic imine (C=N–C) groups is 1. The van der Waals surface area contributed by atoms with Crippen LogP contribution >= 0.6 is 0 Å². The monoisotopic (exact) mass is 322 g/mol. The van der Waals surface area contributed by atoms with Crippen LogP contribution in [0, 0.1) is 0 Å². The van der Waals surface area contributed by atoms with E-state index in [1.165, 1.54) is 5.57 Å². The Morgan fingerprint density at radius 2 is 2.04 bits per heavy atom. The molecule has 1 aromatic carbocycles. The van der Waals surface area contributed by atoms with Crippen molar-refractivity contribution in [3.63, 3.8) is 0 Å². The summed E-state index contributed by atoms with van der Waals surface area (Å²) in [7, 11) is 0. The normalized spacial score (nSPS) is 23.5. The Morgan fingerprint density at radius 3 is 2.83 bits per heavy atom. The lowest BCUT2D eigenvalue weighted by Gasteiger charge is -2.29. The Morgan fingerprint density at radius 1 is 1.17 bits per heavy atom. The quantitative estimate of drug-likeness (QED) is 0.811. The van der Waals surface area contributed by atoms with Crippen LogP contribution in [0.15, 0.2) is 35.3 Å². The van der Waals surface area contributed by atoms with Gasteiger partial charge in [0.25, 0.3) is 0 Å². The molecule has 1 aliphatic heterocycles. The molecule has 124 valence electrons. The van der Waals surface area contributed by atoms with Gasteiger partial charge >= 0.3 is 0 Å². The van der Waals surface area contributed by atoms with Crippen molar-refractivity contribution in [1.29, 1.82) is 0 Å². The van der Waals surface area contributed by atoms with Gasteiger partial charge in [-0.2, -0.15) is 0 Å². The number of pyridine rings is 1. The number of nitrogens with two attached hydrogens (primary N) is 1. The molecule has 4 N–H and O–H groups in total. The number of nitrogen functional groups attached to an aromatic ring is 1. The first-order valence-electron chi connectivity index (χ1n) is 8.55. The Balaban J connectivity index is 1.70. The van der Waals surface area contributed by atoms with Gasteiger partial charge in [0.15, 0.2) is 0 Å². The van der Waals surface area contributed by atoms with Crippen LogP contribution in [-0.4, -0.2) is 35.0 Å². The molecule has 5 heteroatoms. The van der Waals surface area contributed by atoms with Gasteiger partial charge in [-0.15, -0.1) is 0 Å². The fourth-order valence-corrected chi connectivity index (χ4v) is 3.58. The molecule has 0 spiro atoms. The zero-order valence-corrected chi connectivity index (χ0v) is 13.6. The molecule has 4 rings (SSSR count). The predicted octanol–water partition coefficient (Wildman–Crippen LogP) is 3.00. The smallest absolute Gasteiger partial charge is 0.126 e. The summed E-state index contributed by atoms with van der Waals surface area (Å²) >= 11 is 0. The summed E-state index contributed by atoms with van der Waals surface area (Å²) in [6.07, 6.45) is 7.64. The molecule has 1 saturated carbocycles. The fraction of sp³-hybridized carbons (Fsp3) is 0.368. The minimum Gasteiger partial charge on any atom is -0.391 e. The van der Waals surface area contributed by atoms with Crippen LogP contribution in [0.2, 0.25) is 0 Å². The van der Waals surface area contributed by atoms with Gasteiger partial charge in [0.1, 0.15) is 5.82 Å². The summed E-state index contributed by atoms with van der Waals surface area (Å²) in [6, 6.07) is 8.18. The van der Waals surface area contributed by atoms with Crippen molar-refractivity contribution in [3.05, 3.63) is 35.9 Å². The van der Waals surface area contributed by atoms with Crippen LogP contribution in [-0.2, 0) is 0 Å². The van der Waals surface area contributed by atoms with E-state index in [2.05, 4.69) is 33.5 Å². The van der Waals surface area contributed by atoms with Crippen LogP contribution in [0.3, 0.4) is 0 Å². The van der Waals surface area contributed by atoms with E-state index in [0.29, 0.717) is 12.4 Å². The minimum atomic E-state index is -0.303. The van der Waals surface area contributed by atoms with Gasteiger partial charge in [-0.1, -0.05) is 25.0 Å². The van der Waals surface area contributed by atoms with E-state index < -0.39 is 0 Å². The van der Waals surface area contributed by atoms with Gasteiger partial charge in [-0.3, -0.25) is 4.99 Å². The Bertz CT molecular complexity index is 827. The Kier molecular flexibility index (Phi) is 3.94. The molecule has 1 aromatic heterocycles. The minimum absolute atomic E-state index is 0.0781. The maximum absolute atomic E-state index is 10.2. The first-order valence-corrected chi connectivity index (χ1v) is 8.55. The summed E-state index contributed by atoms with van der Waals surface area (Å²) in [5, 5.41) is 14.8. The van der Waals surface area contributed by atoms with Gasteiger partial charge in [-0.25, -0.2) is 4.98 Å². The van der Waals surface area contributed by atoms with Crippen LogP contribution in [0.4, 0.5) is 11.5 Å². The maximum atomic E-state index is 10.2. The molecule has 1 fully saturated rings. The van der Waals surface area contributed by atoms with E-state index in [1.54, 1.807) is 0 Å². The molecule has 24 heavy (non-hydrogen) atoms. The van der Waals surface area contributed by atoms with E-state index in [0.717, 1.165) is 47.8 Å². The zero-order valence-electron chi connectivity index (χ0n) is 13.6. The second-order valence-corrected chi connectivity index (χ2v) is 6.61. The molecular weight excluding hydrogens is 300 g/mol. The first kappa shape index (κ1) is 15.1. The number of rotatable bonds is 3. The summed E-state index contributed by atoms with van der Waals surface area (Å²) in [5.41, 5.74) is 10.2. The average molecular weight is 322 g/mol. The van der Waals surface area contributed by atoms with Crippen molar-refractivity contribution in [3.8, 4) is 0 Å². The topological polar surface area (TPSA) is 83.5 Å². The van der Waals surface area contributed by atoms with Crippen molar-refractivity contribution in [2.75, 3.05) is 17.6 Å². The van der Waals surface area contributed by atoms with Crippen LogP contribution in [0.25, 0.3) is 16.5 Å². The van der Waals surface area contributed by atoms with E-state index >= 15 is 0 Å². The van der Waals surface area contributed by atoms with Crippen LogP contribution < -0.4 is 11.1 Å². The van der Waals surface area contributed by atoms with E-state index in [1.807, 2.05) is 18.4 Å². The maximum Gasteiger partial charge on any atom is 0.126 e. The van der Waals surface area contributed by atoms with E-state index in [-0.39, 0.29) is 12.1 Å². The van der Waals surface area contributed by atoms with Gasteiger partial charge in [0, 0.05) is 23.4 Å². The number of aliphatic hydroxyl groups is 1. The highest BCUT2D eigenvalue weighted by atomic mass is 16.3. The third-order valence-electron chi connectivity index (χ3n) is 4.91. The lowest BCUT2D eigenvalue weighted by molar-refractivity contribution is 0.116. The molecule has 0 unspecified atom stereocenters. The highest BCUT2D eigenvalue weighted by molar-refractivity contribution is 5.97. The third kappa shape index (κ3) is 2.87. The number of anilines is 2. The average Bonchev–Trinajstić information content (AvgIpc) is 3.11. The number of aromatic nitrogens is 1. The molecule has 0 saturated heterocycles. The van der Waals surface area contributed by atoms with Crippen molar-refractivity contribution >= 4 is 34.2 Å². The number of hydrogen-bond acceptors (Lipinski definition) is 5. The SMILES string of the molecule is Nc1cc(N[C@H]2CCCC[C@H]2O)c2ccc(C3=CC=NC3)cc2n1. The lowest BCUT2D eigenvalue weighted by atomic mass is 9.92. The molecule has 5 nitrogen and oxygen atoms in total. The van der Waals surface area contributed by atoms with Crippen molar-refractivity contribution < 1.29 is 5.11 Å². The molecular formula is C19H22N4O. The van der Waals surface area contributed by atoms with Crippen molar-refractivity contribution in [2.24, 2.45) is 4.99 Å². The lowest BCUT2D eigenvalue weighted by Crippen LogP contribution is -2.36. The van der Waals surface area contributed by atoms with Gasteiger partial charge < -0.3 is 16.2 Å². The van der Waals surface area contributed by atoms with E-state index in [9.17, 15) is 5.11 Å². The third-order valence-corrected chi connectivity index (χ3v) is 4.91. The Labute approximate surface area is 141 Å². The molecule has 1 aliphatic carbocycles. The fourth-order valence-electron chi connectivity index (χ4n) is 3.58. The predicted molar refractivity (Wildman–Crippen MR) is 99.4 cm³/mol. The molecule has 2 aliphatic rings. The molecule has 0 amide bonds. The second kappa shape index (κ2) is 6.24. The standard InChI is InChI=1S/C19H22N4O/c20-19-10-17(22-15-3-1-2-4-18(15)24)14-6-5-12(9-16(14)23-19)13-7-8-21-11-13/h5-10,15,18,24H,1-4,11H2,(H3,20,22,23)/t15-,18+/m0/s1. The van der Waals surface area contributed by atoms with Gasteiger partial charge in [-0.05, 0) is 36.1 Å².